The molecule has 0 spiro atoms. The predicted octanol–water partition coefficient (Wildman–Crippen LogP) is 4.50. The van der Waals surface area contributed by atoms with Gasteiger partial charge in [-0.15, -0.1) is 0 Å². The van der Waals surface area contributed by atoms with Crippen molar-refractivity contribution in [2.45, 2.75) is 13.0 Å². The van der Waals surface area contributed by atoms with Crippen LogP contribution in [0.5, 0.6) is 5.75 Å². The van der Waals surface area contributed by atoms with Crippen LogP contribution in [0.15, 0.2) is 84.4 Å². The first-order valence-corrected chi connectivity index (χ1v) is 10.7. The van der Waals surface area contributed by atoms with E-state index in [2.05, 4.69) is 0 Å². The van der Waals surface area contributed by atoms with Gasteiger partial charge in [0.05, 0.1) is 30.9 Å². The molecular weight excluding hydrogens is 434 g/mol. The summed E-state index contributed by atoms with van der Waals surface area (Å²) in [5.74, 6) is -1.72. The van der Waals surface area contributed by atoms with Crippen LogP contribution in [0.3, 0.4) is 0 Å². The Labute approximate surface area is 196 Å². The van der Waals surface area contributed by atoms with Crippen molar-refractivity contribution in [3.63, 3.8) is 0 Å². The van der Waals surface area contributed by atoms with Crippen LogP contribution in [0.25, 0.3) is 5.76 Å². The number of nitrogens with zero attached hydrogens (tertiary/aromatic N) is 1. The highest BCUT2D eigenvalue weighted by molar-refractivity contribution is 6.51. The van der Waals surface area contributed by atoms with E-state index in [0.717, 1.165) is 0 Å². The van der Waals surface area contributed by atoms with Gasteiger partial charge in [-0.25, -0.2) is 4.79 Å². The number of carbonyl (C=O) groups excluding carboxylic acids is 3. The summed E-state index contributed by atoms with van der Waals surface area (Å²) in [6.45, 7) is 1.96. The highest BCUT2D eigenvalue weighted by atomic mass is 16.5. The third-order valence-electron chi connectivity index (χ3n) is 5.58. The molecule has 0 unspecified atom stereocenters. The van der Waals surface area contributed by atoms with Crippen molar-refractivity contribution in [1.29, 1.82) is 0 Å². The number of benzene rings is 3. The number of aliphatic hydroxyl groups is 1. The molecule has 3 aromatic rings. The Morgan fingerprint density at radius 2 is 1.53 bits per heavy atom. The minimum atomic E-state index is -0.850. The monoisotopic (exact) mass is 457 g/mol. The standard InChI is InChI=1S/C27H23NO6/c1-3-34-27(32)19-9-13-20(14-10-19)28-23(17-7-5-4-6-8-17)22(25(30)26(28)31)24(29)18-11-15-21(33-2)16-12-18/h4-16,23,29H,3H2,1-2H3/b24-22+/t23-/m0/s1. The molecule has 1 saturated heterocycles. The van der Waals surface area contributed by atoms with Gasteiger partial charge in [-0.2, -0.15) is 0 Å². The summed E-state index contributed by atoms with van der Waals surface area (Å²) in [7, 11) is 1.53. The van der Waals surface area contributed by atoms with E-state index in [4.69, 9.17) is 9.47 Å². The van der Waals surface area contributed by atoms with Crippen LogP contribution in [-0.4, -0.2) is 36.5 Å². The summed E-state index contributed by atoms with van der Waals surface area (Å²) in [6, 6.07) is 21.0. The van der Waals surface area contributed by atoms with Gasteiger partial charge in [0.1, 0.15) is 11.5 Å². The first-order chi connectivity index (χ1) is 16.5. The van der Waals surface area contributed by atoms with Gasteiger partial charge >= 0.3 is 5.97 Å². The van der Waals surface area contributed by atoms with Crippen LogP contribution < -0.4 is 9.64 Å². The average Bonchev–Trinajstić information content (AvgIpc) is 3.14. The van der Waals surface area contributed by atoms with Crippen LogP contribution in [-0.2, 0) is 14.3 Å². The van der Waals surface area contributed by atoms with Gasteiger partial charge in [-0.1, -0.05) is 30.3 Å². The molecule has 1 N–H and O–H groups in total. The van der Waals surface area contributed by atoms with Gasteiger partial charge in [-0.3, -0.25) is 14.5 Å². The van der Waals surface area contributed by atoms with Gasteiger partial charge in [0.15, 0.2) is 0 Å². The van der Waals surface area contributed by atoms with Crippen LogP contribution in [0.1, 0.15) is 34.5 Å². The van der Waals surface area contributed by atoms with Crippen molar-refractivity contribution in [2.24, 2.45) is 0 Å². The number of hydrogen-bond donors (Lipinski definition) is 1. The molecule has 0 radical (unpaired) electrons. The number of ketones is 1. The number of aliphatic hydroxyl groups excluding tert-OH is 1. The van der Waals surface area contributed by atoms with Crippen molar-refractivity contribution < 1.29 is 29.0 Å². The van der Waals surface area contributed by atoms with E-state index >= 15 is 0 Å². The van der Waals surface area contributed by atoms with Crippen molar-refractivity contribution in [3.8, 4) is 5.75 Å². The summed E-state index contributed by atoms with van der Waals surface area (Å²) in [5.41, 5.74) is 1.77. The van der Waals surface area contributed by atoms with Gasteiger partial charge < -0.3 is 14.6 Å². The zero-order valence-corrected chi connectivity index (χ0v) is 18.7. The van der Waals surface area contributed by atoms with Gasteiger partial charge in [-0.05, 0) is 61.0 Å². The molecule has 1 aliphatic heterocycles. The molecular formula is C27H23NO6. The molecule has 1 amide bonds. The molecule has 1 heterocycles. The van der Waals surface area contributed by atoms with Crippen LogP contribution in [0.4, 0.5) is 5.69 Å². The van der Waals surface area contributed by atoms with E-state index in [1.54, 1.807) is 67.6 Å². The molecule has 3 aromatic carbocycles. The Morgan fingerprint density at radius 3 is 2.12 bits per heavy atom. The SMILES string of the molecule is CCOC(=O)c1ccc(N2C(=O)C(=O)/C(=C(/O)c3ccc(OC)cc3)[C@@H]2c2ccccc2)cc1. The number of amides is 1. The van der Waals surface area contributed by atoms with Crippen LogP contribution >= 0.6 is 0 Å². The normalized spacial score (nSPS) is 17.0. The van der Waals surface area contributed by atoms with Crippen molar-refractivity contribution >= 4 is 29.1 Å². The molecule has 172 valence electrons. The van der Waals surface area contributed by atoms with E-state index < -0.39 is 23.7 Å². The second-order valence-electron chi connectivity index (χ2n) is 7.58. The minimum Gasteiger partial charge on any atom is -0.507 e. The summed E-state index contributed by atoms with van der Waals surface area (Å²) >= 11 is 0. The number of esters is 1. The Bertz CT molecular complexity index is 1250. The minimum absolute atomic E-state index is 0.0177. The van der Waals surface area contributed by atoms with Crippen molar-refractivity contribution in [1.82, 2.24) is 0 Å². The Kier molecular flexibility index (Phi) is 6.45. The summed E-state index contributed by atoms with van der Waals surface area (Å²) in [4.78, 5) is 39.7. The molecule has 0 aliphatic carbocycles. The number of rotatable bonds is 6. The highest BCUT2D eigenvalue weighted by Crippen LogP contribution is 2.42. The predicted molar refractivity (Wildman–Crippen MR) is 127 cm³/mol. The molecule has 1 atom stereocenters. The molecule has 0 bridgehead atoms. The van der Waals surface area contributed by atoms with Crippen molar-refractivity contribution in [2.75, 3.05) is 18.6 Å². The third kappa shape index (κ3) is 4.15. The number of methoxy groups -OCH3 is 1. The number of ether oxygens (including phenoxy) is 2. The summed E-state index contributed by atoms with van der Waals surface area (Å²) in [6.07, 6.45) is 0. The lowest BCUT2D eigenvalue weighted by atomic mass is 9.95. The van der Waals surface area contributed by atoms with Gasteiger partial charge in [0.2, 0.25) is 0 Å². The Morgan fingerprint density at radius 1 is 0.912 bits per heavy atom. The second kappa shape index (κ2) is 9.62. The molecule has 7 nitrogen and oxygen atoms in total. The van der Waals surface area contributed by atoms with Gasteiger partial charge in [0.25, 0.3) is 11.7 Å². The lowest BCUT2D eigenvalue weighted by Crippen LogP contribution is -2.29. The molecule has 34 heavy (non-hydrogen) atoms. The lowest BCUT2D eigenvalue weighted by molar-refractivity contribution is -0.132. The molecule has 4 rings (SSSR count). The van der Waals surface area contributed by atoms with Crippen LogP contribution in [0, 0.1) is 0 Å². The molecule has 0 aromatic heterocycles. The Balaban J connectivity index is 1.83. The van der Waals surface area contributed by atoms with E-state index in [0.29, 0.717) is 28.1 Å². The lowest BCUT2D eigenvalue weighted by Gasteiger charge is -2.25. The van der Waals surface area contributed by atoms with E-state index in [1.807, 2.05) is 6.07 Å². The number of anilines is 1. The molecule has 1 fully saturated rings. The maximum absolute atomic E-state index is 13.2. The summed E-state index contributed by atoms with van der Waals surface area (Å²) < 4.78 is 10.2. The van der Waals surface area contributed by atoms with Crippen LogP contribution in [0.2, 0.25) is 0 Å². The molecule has 1 aliphatic rings. The fourth-order valence-corrected chi connectivity index (χ4v) is 3.93. The molecule has 0 saturated carbocycles. The first kappa shape index (κ1) is 22.8. The maximum atomic E-state index is 13.2. The topological polar surface area (TPSA) is 93.1 Å². The third-order valence-corrected chi connectivity index (χ3v) is 5.58. The van der Waals surface area contributed by atoms with Gasteiger partial charge in [0, 0.05) is 11.3 Å². The number of carbonyl (C=O) groups is 3. The number of hydrogen-bond acceptors (Lipinski definition) is 6. The molecule has 7 heteroatoms. The largest absolute Gasteiger partial charge is 0.507 e. The average molecular weight is 457 g/mol. The fourth-order valence-electron chi connectivity index (χ4n) is 3.93. The maximum Gasteiger partial charge on any atom is 0.338 e. The van der Waals surface area contributed by atoms with E-state index in [9.17, 15) is 19.5 Å². The Hall–Kier alpha value is -4.39. The number of Topliss-reactive ketones (excluding diaryl/α,β-unsaturated/α-hetero) is 1. The van der Waals surface area contributed by atoms with E-state index in [1.165, 1.54) is 24.1 Å². The first-order valence-electron chi connectivity index (χ1n) is 10.7. The zero-order valence-electron chi connectivity index (χ0n) is 18.7. The van der Waals surface area contributed by atoms with E-state index in [-0.39, 0.29) is 17.9 Å². The quantitative estimate of drug-likeness (QED) is 0.254. The van der Waals surface area contributed by atoms with Crippen molar-refractivity contribution in [3.05, 3.63) is 101 Å². The summed E-state index contributed by atoms with van der Waals surface area (Å²) in [5, 5.41) is 11.1. The fraction of sp³-hybridized carbons (Fsp3) is 0.148. The second-order valence-corrected chi connectivity index (χ2v) is 7.58. The smallest absolute Gasteiger partial charge is 0.338 e. The highest BCUT2D eigenvalue weighted by Gasteiger charge is 2.46. The zero-order chi connectivity index (χ0) is 24.2.